The average Bonchev–Trinajstić information content (AvgIpc) is 2.10. The van der Waals surface area contributed by atoms with Crippen molar-refractivity contribution in [3.63, 3.8) is 0 Å². The zero-order valence-corrected chi connectivity index (χ0v) is 9.43. The van der Waals surface area contributed by atoms with Gasteiger partial charge in [-0.1, -0.05) is 5.22 Å². The van der Waals surface area contributed by atoms with Gasteiger partial charge in [0.05, 0.1) is 11.7 Å². The van der Waals surface area contributed by atoms with Gasteiger partial charge in [-0.05, 0) is 27.7 Å². The summed E-state index contributed by atoms with van der Waals surface area (Å²) < 4.78 is 5.51. The predicted molar refractivity (Wildman–Crippen MR) is 53.4 cm³/mol. The zero-order chi connectivity index (χ0) is 12.1. The number of ether oxygens (including phenoxy) is 1. The molecule has 0 aliphatic heterocycles. The van der Waals surface area contributed by atoms with Gasteiger partial charge in [-0.25, -0.2) is 4.79 Å². The molecule has 0 aromatic rings. The molecule has 0 aromatic heterocycles. The van der Waals surface area contributed by atoms with Crippen molar-refractivity contribution < 1.29 is 14.4 Å². The molecule has 0 aliphatic rings. The highest BCUT2D eigenvalue weighted by molar-refractivity contribution is 5.76. The second-order valence-electron chi connectivity index (χ2n) is 4.05. The van der Waals surface area contributed by atoms with Crippen LogP contribution in [0.1, 0.15) is 27.7 Å². The Morgan fingerprint density at radius 1 is 1.40 bits per heavy atom. The largest absolute Gasteiger partial charge is 0.372 e. The second-order valence-corrected chi connectivity index (χ2v) is 4.05. The van der Waals surface area contributed by atoms with Crippen LogP contribution in [0.2, 0.25) is 0 Å². The first kappa shape index (κ1) is 13.8. The van der Waals surface area contributed by atoms with E-state index in [0.717, 1.165) is 0 Å². The van der Waals surface area contributed by atoms with Crippen molar-refractivity contribution in [2.75, 3.05) is 0 Å². The lowest BCUT2D eigenvalue weighted by molar-refractivity contribution is -0.152. The Labute approximate surface area is 88.7 Å². The summed E-state index contributed by atoms with van der Waals surface area (Å²) in [6, 6.07) is -0.945. The summed E-state index contributed by atoms with van der Waals surface area (Å²) in [6.07, 6.45) is -0.520. The van der Waals surface area contributed by atoms with Crippen LogP contribution in [0, 0.1) is 0 Å². The van der Waals surface area contributed by atoms with Gasteiger partial charge in [0.1, 0.15) is 0 Å². The van der Waals surface area contributed by atoms with Gasteiger partial charge < -0.3 is 15.4 Å². The fraction of sp³-hybridized carbons (Fsp3) is 0.875. The van der Waals surface area contributed by atoms with E-state index < -0.39 is 23.7 Å². The lowest BCUT2D eigenvalue weighted by atomic mass is 10.1. The third-order valence-electron chi connectivity index (χ3n) is 1.53. The van der Waals surface area contributed by atoms with Gasteiger partial charge in [0.2, 0.25) is 0 Å². The maximum atomic E-state index is 11.2. The molecule has 0 spiro atoms. The Bertz CT molecular complexity index is 237. The molecular weight excluding hydrogens is 200 g/mol. The number of hydrogen-bond acceptors (Lipinski definition) is 6. The van der Waals surface area contributed by atoms with Crippen molar-refractivity contribution in [2.45, 2.75) is 45.4 Å². The number of nitrogens with two attached hydrogens (primary N) is 2. The van der Waals surface area contributed by atoms with Crippen molar-refractivity contribution in [3.05, 3.63) is 0 Å². The Balaban J connectivity index is 4.56. The van der Waals surface area contributed by atoms with Crippen molar-refractivity contribution in [3.8, 4) is 0 Å². The molecule has 0 unspecified atom stereocenters. The maximum Gasteiger partial charge on any atom is 0.354 e. The van der Waals surface area contributed by atoms with Crippen LogP contribution in [0.4, 0.5) is 0 Å². The van der Waals surface area contributed by atoms with Crippen LogP contribution in [0.25, 0.3) is 0 Å². The normalized spacial score (nSPS) is 16.3. The van der Waals surface area contributed by atoms with Gasteiger partial charge in [0, 0.05) is 0 Å². The Morgan fingerprint density at radius 2 is 1.93 bits per heavy atom. The van der Waals surface area contributed by atoms with E-state index in [9.17, 15) is 4.79 Å². The molecule has 15 heavy (non-hydrogen) atoms. The maximum absolute atomic E-state index is 11.2. The number of carbonyl (C=O) groups is 1. The molecule has 4 N–H and O–H groups in total. The molecule has 0 saturated heterocycles. The third kappa shape index (κ3) is 5.28. The molecule has 0 heterocycles. The lowest BCUT2D eigenvalue weighted by Gasteiger charge is -2.26. The van der Waals surface area contributed by atoms with Gasteiger partial charge in [0.25, 0.3) is 0 Å². The van der Waals surface area contributed by atoms with Crippen LogP contribution in [-0.2, 0) is 14.4 Å². The molecule has 0 bridgehead atoms. The summed E-state index contributed by atoms with van der Waals surface area (Å²) in [7, 11) is 0. The molecule has 0 radical (unpaired) electrons. The first-order valence-electron chi connectivity index (χ1n) is 4.50. The topological polar surface area (TPSA) is 112 Å². The van der Waals surface area contributed by atoms with Crippen molar-refractivity contribution in [1.29, 1.82) is 0 Å². The van der Waals surface area contributed by atoms with E-state index >= 15 is 0 Å². The molecule has 88 valence electrons. The minimum atomic E-state index is -0.945. The minimum absolute atomic E-state index is 0.406. The Morgan fingerprint density at radius 3 is 2.27 bits per heavy atom. The predicted octanol–water partition coefficient (Wildman–Crippen LogP) is 0.301. The summed E-state index contributed by atoms with van der Waals surface area (Å²) in [4.78, 5) is 15.3. The fourth-order valence-electron chi connectivity index (χ4n) is 1.10. The summed E-state index contributed by atoms with van der Waals surface area (Å²) in [5.41, 5.74) is -0.406. The highest BCUT2D eigenvalue weighted by Gasteiger charge is 2.30. The van der Waals surface area contributed by atoms with Crippen LogP contribution >= 0.6 is 0 Å². The van der Waals surface area contributed by atoms with Gasteiger partial charge >= 0.3 is 5.97 Å². The van der Waals surface area contributed by atoms with Gasteiger partial charge in [-0.3, -0.25) is 0 Å². The molecule has 7 nitrogen and oxygen atoms in total. The number of rotatable bonds is 4. The third-order valence-corrected chi connectivity index (χ3v) is 1.53. The van der Waals surface area contributed by atoms with Gasteiger partial charge in [-0.2, -0.15) is 11.0 Å². The van der Waals surface area contributed by atoms with Gasteiger partial charge in [0.15, 0.2) is 6.04 Å². The van der Waals surface area contributed by atoms with Crippen LogP contribution in [0.15, 0.2) is 10.3 Å². The number of nitrogens with zero attached hydrogens (tertiary/aromatic N) is 2. The van der Waals surface area contributed by atoms with Crippen molar-refractivity contribution >= 4 is 5.97 Å². The molecule has 7 heteroatoms. The highest BCUT2D eigenvalue weighted by atomic mass is 16.7. The number of hydrogen-bond donors (Lipinski definition) is 2. The minimum Gasteiger partial charge on any atom is -0.372 e. The second kappa shape index (κ2) is 5.62. The highest BCUT2D eigenvalue weighted by Crippen LogP contribution is 2.15. The average molecular weight is 218 g/mol. The fourth-order valence-corrected chi connectivity index (χ4v) is 1.10. The van der Waals surface area contributed by atoms with E-state index in [4.69, 9.17) is 16.5 Å². The van der Waals surface area contributed by atoms with E-state index in [-0.39, 0.29) is 0 Å². The first-order chi connectivity index (χ1) is 6.81. The van der Waals surface area contributed by atoms with Crippen molar-refractivity contribution in [2.24, 2.45) is 22.1 Å². The first-order valence-corrected chi connectivity index (χ1v) is 4.50. The smallest absolute Gasteiger partial charge is 0.354 e. The summed E-state index contributed by atoms with van der Waals surface area (Å²) >= 11 is 0. The summed E-state index contributed by atoms with van der Waals surface area (Å²) in [5, 5.41) is 6.55. The molecule has 0 fully saturated rings. The van der Waals surface area contributed by atoms with E-state index in [1.54, 1.807) is 6.92 Å². The molecule has 0 aliphatic carbocycles. The summed E-state index contributed by atoms with van der Waals surface area (Å²) in [6.45, 7) is 7.23. The molecule has 0 aromatic carbocycles. The lowest BCUT2D eigenvalue weighted by Crippen LogP contribution is -2.39. The molecular formula is C8H18N4O3. The van der Waals surface area contributed by atoms with Crippen LogP contribution in [0.3, 0.4) is 0 Å². The van der Waals surface area contributed by atoms with E-state index in [2.05, 4.69) is 15.2 Å². The van der Waals surface area contributed by atoms with Crippen LogP contribution in [0.5, 0.6) is 0 Å². The quantitative estimate of drug-likeness (QED) is 0.400. The van der Waals surface area contributed by atoms with Crippen LogP contribution in [-0.4, -0.2) is 23.7 Å². The Kier molecular flexibility index (Phi) is 5.16. The van der Waals surface area contributed by atoms with E-state index in [1.807, 2.05) is 20.8 Å². The number of carbonyl (C=O) groups excluding carboxylic acids is 1. The molecule has 0 saturated carbocycles. The Hall–Kier alpha value is -1.21. The van der Waals surface area contributed by atoms with Crippen LogP contribution < -0.4 is 11.7 Å². The van der Waals surface area contributed by atoms with Crippen molar-refractivity contribution in [1.82, 2.24) is 0 Å². The summed E-state index contributed by atoms with van der Waals surface area (Å²) in [5.74, 6) is 8.90. The molecule has 2 atom stereocenters. The SMILES string of the molecule is C[C@@H](OC(C)(C)C)[C@H](N=NN)C(=O)ON. The molecule has 0 amide bonds. The van der Waals surface area contributed by atoms with E-state index in [1.165, 1.54) is 0 Å². The molecule has 0 rings (SSSR count). The van der Waals surface area contributed by atoms with E-state index in [0.29, 0.717) is 0 Å². The monoisotopic (exact) mass is 218 g/mol. The standard InChI is InChI=1S/C8H18N4O3/c1-5(14-8(2,3)4)6(11-12-9)7(13)15-10/h5-6H,10H2,1-4H3,(H2,9,11)/t5-,6+/m1/s1. The van der Waals surface area contributed by atoms with Gasteiger partial charge in [-0.15, -0.1) is 0 Å². The zero-order valence-electron chi connectivity index (χ0n) is 9.43.